The smallest absolute Gasteiger partial charge is 0.138 e. The molecule has 3 aromatic heterocycles. The lowest BCUT2D eigenvalue weighted by atomic mass is 10.2. The average molecular weight is 285 g/mol. The van der Waals surface area contributed by atoms with Gasteiger partial charge in [0, 0.05) is 17.8 Å². The van der Waals surface area contributed by atoms with Crippen LogP contribution in [0.3, 0.4) is 0 Å². The number of nitrogens with zero attached hydrogens (tertiary/aromatic N) is 4. The zero-order chi connectivity index (χ0) is 13.9. The number of rotatable bonds is 4. The highest BCUT2D eigenvalue weighted by atomic mass is 32.1. The number of nitrogens with one attached hydrogen (secondary N) is 1. The van der Waals surface area contributed by atoms with Crippen molar-refractivity contribution in [3.63, 3.8) is 0 Å². The van der Waals surface area contributed by atoms with Crippen LogP contribution in [0.2, 0.25) is 0 Å². The van der Waals surface area contributed by atoms with Gasteiger partial charge in [-0.3, -0.25) is 4.57 Å². The van der Waals surface area contributed by atoms with Crippen molar-refractivity contribution < 1.29 is 0 Å². The summed E-state index contributed by atoms with van der Waals surface area (Å²) in [6.07, 6.45) is 5.51. The number of pyridine rings is 1. The molecule has 0 spiro atoms. The molecule has 0 saturated carbocycles. The summed E-state index contributed by atoms with van der Waals surface area (Å²) in [5.41, 5.74) is 3.87. The summed E-state index contributed by atoms with van der Waals surface area (Å²) in [6, 6.07) is 4.17. The fourth-order valence-corrected chi connectivity index (χ4v) is 2.64. The maximum Gasteiger partial charge on any atom is 0.138 e. The molecule has 0 aliphatic heterocycles. The average Bonchev–Trinajstić information content (AvgIpc) is 3.11. The Balaban J connectivity index is 1.75. The second kappa shape index (κ2) is 5.42. The van der Waals surface area contributed by atoms with E-state index >= 15 is 0 Å². The van der Waals surface area contributed by atoms with Crippen molar-refractivity contribution in [3.05, 3.63) is 53.1 Å². The first-order valence-corrected chi connectivity index (χ1v) is 7.29. The molecule has 0 saturated heterocycles. The molecule has 0 aliphatic carbocycles. The minimum Gasteiger partial charge on any atom is -0.376 e. The molecule has 1 atom stereocenters. The van der Waals surface area contributed by atoms with Gasteiger partial charge < -0.3 is 5.32 Å². The highest BCUT2D eigenvalue weighted by molar-refractivity contribution is 7.07. The van der Waals surface area contributed by atoms with Gasteiger partial charge in [-0.1, -0.05) is 0 Å². The van der Waals surface area contributed by atoms with E-state index in [1.807, 2.05) is 46.9 Å². The Kier molecular flexibility index (Phi) is 3.47. The fourth-order valence-electron chi connectivity index (χ4n) is 1.99. The monoisotopic (exact) mass is 285 g/mol. The molecule has 5 nitrogen and oxygen atoms in total. The van der Waals surface area contributed by atoms with Crippen molar-refractivity contribution in [3.8, 4) is 5.82 Å². The predicted octanol–water partition coefficient (Wildman–Crippen LogP) is 3.21. The molecule has 0 aromatic carbocycles. The number of anilines is 1. The molecule has 1 unspecified atom stereocenters. The van der Waals surface area contributed by atoms with E-state index in [1.54, 1.807) is 17.5 Å². The summed E-state index contributed by atoms with van der Waals surface area (Å²) < 4.78 is 1.95. The Bertz CT molecular complexity index is 672. The first-order chi connectivity index (χ1) is 9.74. The molecule has 0 fully saturated rings. The molecule has 20 heavy (non-hydrogen) atoms. The SMILES string of the molecule is Cc1nccn1-c1ccc(NC(C)c2cscn2)cn1. The van der Waals surface area contributed by atoms with E-state index in [2.05, 4.69) is 27.2 Å². The van der Waals surface area contributed by atoms with Crippen molar-refractivity contribution in [2.45, 2.75) is 19.9 Å². The lowest BCUT2D eigenvalue weighted by Gasteiger charge is -2.13. The van der Waals surface area contributed by atoms with Gasteiger partial charge in [0.05, 0.1) is 29.1 Å². The molecule has 1 N–H and O–H groups in total. The second-order valence-corrected chi connectivity index (χ2v) is 5.25. The predicted molar refractivity (Wildman–Crippen MR) is 80.2 cm³/mol. The number of hydrogen-bond acceptors (Lipinski definition) is 5. The highest BCUT2D eigenvalue weighted by Crippen LogP contribution is 2.19. The maximum absolute atomic E-state index is 4.46. The Hall–Kier alpha value is -2.21. The normalized spacial score (nSPS) is 12.3. The topological polar surface area (TPSA) is 55.6 Å². The molecule has 6 heteroatoms. The third-order valence-corrected chi connectivity index (χ3v) is 3.70. The molecule has 0 aliphatic rings. The minimum absolute atomic E-state index is 0.170. The number of thiazole rings is 1. The summed E-state index contributed by atoms with van der Waals surface area (Å²) in [4.78, 5) is 13.0. The number of aryl methyl sites for hydroxylation is 1. The van der Waals surface area contributed by atoms with E-state index in [9.17, 15) is 0 Å². The van der Waals surface area contributed by atoms with Crippen LogP contribution in [0.1, 0.15) is 24.5 Å². The van der Waals surface area contributed by atoms with Gasteiger partial charge in [0.15, 0.2) is 0 Å². The Morgan fingerprint density at radius 3 is 2.75 bits per heavy atom. The van der Waals surface area contributed by atoms with Crippen molar-refractivity contribution in [2.24, 2.45) is 0 Å². The van der Waals surface area contributed by atoms with E-state index in [0.717, 1.165) is 23.0 Å². The van der Waals surface area contributed by atoms with Crippen LogP contribution in [-0.4, -0.2) is 19.5 Å². The molecule has 3 aromatic rings. The summed E-state index contributed by atoms with van der Waals surface area (Å²) in [5.74, 6) is 1.79. The third kappa shape index (κ3) is 2.55. The van der Waals surface area contributed by atoms with Crippen LogP contribution < -0.4 is 5.32 Å². The first kappa shape index (κ1) is 12.8. The lowest BCUT2D eigenvalue weighted by molar-refractivity contribution is 0.847. The van der Waals surface area contributed by atoms with E-state index in [4.69, 9.17) is 0 Å². The molecular formula is C14H15N5S. The van der Waals surface area contributed by atoms with Gasteiger partial charge in [0.25, 0.3) is 0 Å². The van der Waals surface area contributed by atoms with Crippen LogP contribution >= 0.6 is 11.3 Å². The maximum atomic E-state index is 4.46. The van der Waals surface area contributed by atoms with Crippen molar-refractivity contribution in [2.75, 3.05) is 5.32 Å². The third-order valence-electron chi connectivity index (χ3n) is 3.10. The minimum atomic E-state index is 0.170. The fraction of sp³-hybridized carbons (Fsp3) is 0.214. The van der Waals surface area contributed by atoms with Crippen molar-refractivity contribution in [1.82, 2.24) is 19.5 Å². The highest BCUT2D eigenvalue weighted by Gasteiger charge is 2.08. The van der Waals surface area contributed by atoms with E-state index in [-0.39, 0.29) is 6.04 Å². The second-order valence-electron chi connectivity index (χ2n) is 4.53. The summed E-state index contributed by atoms with van der Waals surface area (Å²) in [5, 5.41) is 5.44. The molecule has 0 bridgehead atoms. The summed E-state index contributed by atoms with van der Waals surface area (Å²) >= 11 is 1.60. The molecule has 3 rings (SSSR count). The van der Waals surface area contributed by atoms with Crippen LogP contribution in [0.15, 0.2) is 41.6 Å². The van der Waals surface area contributed by atoms with Gasteiger partial charge in [-0.05, 0) is 26.0 Å². The zero-order valence-corrected chi connectivity index (χ0v) is 12.1. The summed E-state index contributed by atoms with van der Waals surface area (Å²) in [6.45, 7) is 4.04. The standard InChI is InChI=1S/C14H15N5S/c1-10(13-8-20-9-17-13)18-12-3-4-14(16-7-12)19-6-5-15-11(19)2/h3-10,18H,1-2H3. The van der Waals surface area contributed by atoms with Gasteiger partial charge in [-0.2, -0.15) is 0 Å². The largest absolute Gasteiger partial charge is 0.376 e. The Morgan fingerprint density at radius 2 is 2.15 bits per heavy atom. The van der Waals surface area contributed by atoms with E-state index in [0.29, 0.717) is 0 Å². The van der Waals surface area contributed by atoms with Gasteiger partial charge in [0.1, 0.15) is 11.6 Å². The molecular weight excluding hydrogens is 270 g/mol. The van der Waals surface area contributed by atoms with Crippen molar-refractivity contribution >= 4 is 17.0 Å². The molecule has 102 valence electrons. The van der Waals surface area contributed by atoms with Gasteiger partial charge in [0.2, 0.25) is 0 Å². The van der Waals surface area contributed by atoms with Crippen LogP contribution in [0.4, 0.5) is 5.69 Å². The molecule has 3 heterocycles. The van der Waals surface area contributed by atoms with E-state index < -0.39 is 0 Å². The van der Waals surface area contributed by atoms with Gasteiger partial charge in [-0.25, -0.2) is 15.0 Å². The van der Waals surface area contributed by atoms with Crippen LogP contribution in [0.25, 0.3) is 5.82 Å². The molecule has 0 radical (unpaired) electrons. The van der Waals surface area contributed by atoms with Crippen LogP contribution in [0, 0.1) is 6.92 Å². The summed E-state index contributed by atoms with van der Waals surface area (Å²) in [7, 11) is 0. The van der Waals surface area contributed by atoms with Crippen molar-refractivity contribution in [1.29, 1.82) is 0 Å². The van der Waals surface area contributed by atoms with Crippen LogP contribution in [0.5, 0.6) is 0 Å². The number of imidazole rings is 1. The van der Waals surface area contributed by atoms with Gasteiger partial charge in [-0.15, -0.1) is 11.3 Å². The van der Waals surface area contributed by atoms with Gasteiger partial charge >= 0.3 is 0 Å². The Morgan fingerprint density at radius 1 is 1.25 bits per heavy atom. The van der Waals surface area contributed by atoms with E-state index in [1.165, 1.54) is 0 Å². The number of aromatic nitrogens is 4. The van der Waals surface area contributed by atoms with Crippen LogP contribution in [-0.2, 0) is 0 Å². The molecule has 0 amide bonds. The first-order valence-electron chi connectivity index (χ1n) is 6.35. The Labute approximate surface area is 121 Å². The zero-order valence-electron chi connectivity index (χ0n) is 11.3. The quantitative estimate of drug-likeness (QED) is 0.799. The number of hydrogen-bond donors (Lipinski definition) is 1. The lowest BCUT2D eigenvalue weighted by Crippen LogP contribution is -2.07.